The summed E-state index contributed by atoms with van der Waals surface area (Å²) in [5, 5.41) is 0.554. The lowest BCUT2D eigenvalue weighted by molar-refractivity contribution is 0.0526. The minimum Gasteiger partial charge on any atom is -0.378 e. The van der Waals surface area contributed by atoms with Crippen LogP contribution in [-0.2, 0) is 4.74 Å². The average molecular weight is 313 g/mol. The van der Waals surface area contributed by atoms with E-state index in [0.29, 0.717) is 5.29 Å². The Labute approximate surface area is 131 Å². The Morgan fingerprint density at radius 2 is 1.86 bits per heavy atom. The van der Waals surface area contributed by atoms with E-state index in [1.54, 1.807) is 0 Å². The summed E-state index contributed by atoms with van der Waals surface area (Å²) in [5.74, 6) is 0.943. The van der Waals surface area contributed by atoms with Crippen LogP contribution in [0.4, 0.5) is 0 Å². The molecule has 6 nitrogen and oxygen atoms in total. The first-order valence-electron chi connectivity index (χ1n) is 7.52. The van der Waals surface area contributed by atoms with Crippen molar-refractivity contribution in [1.82, 2.24) is 19.6 Å². The van der Waals surface area contributed by atoms with E-state index in [0.717, 1.165) is 65.0 Å². The monoisotopic (exact) mass is 312 g/mol. The van der Waals surface area contributed by atoms with Crippen molar-refractivity contribution in [3.63, 3.8) is 0 Å². The molecule has 0 aromatic carbocycles. The number of aliphatic imine (C=N–C) groups is 1. The van der Waals surface area contributed by atoms with Crippen molar-refractivity contribution in [2.45, 2.75) is 0 Å². The molecule has 3 aliphatic rings. The van der Waals surface area contributed by atoms with Gasteiger partial charge in [0, 0.05) is 39.3 Å². The fourth-order valence-corrected chi connectivity index (χ4v) is 2.89. The van der Waals surface area contributed by atoms with Crippen LogP contribution in [0.2, 0.25) is 0 Å². The van der Waals surface area contributed by atoms with Gasteiger partial charge in [-0.1, -0.05) is 0 Å². The molecule has 0 amide bonds. The van der Waals surface area contributed by atoms with Gasteiger partial charge in [-0.3, -0.25) is 4.90 Å². The lowest BCUT2D eigenvalue weighted by Crippen LogP contribution is -2.49. The van der Waals surface area contributed by atoms with Gasteiger partial charge in [0.2, 0.25) is 5.29 Å². The number of likely N-dealkylation sites (N-methyl/N-ethyl adjacent to an activating group) is 1. The van der Waals surface area contributed by atoms with Crippen molar-refractivity contribution in [3.05, 3.63) is 18.4 Å². The second-order valence-electron chi connectivity index (χ2n) is 5.69. The molecule has 0 saturated carbocycles. The SMILES string of the molecule is CN1CCN(CN2[CH]C=C(N3CCOCC3)N=C2Cl)CC1. The summed E-state index contributed by atoms with van der Waals surface area (Å²) in [6.45, 7) is 10.5. The summed E-state index contributed by atoms with van der Waals surface area (Å²) < 4.78 is 5.37. The Morgan fingerprint density at radius 3 is 2.52 bits per heavy atom. The van der Waals surface area contributed by atoms with E-state index in [4.69, 9.17) is 16.3 Å². The van der Waals surface area contributed by atoms with Gasteiger partial charge in [0.1, 0.15) is 5.82 Å². The topological polar surface area (TPSA) is 34.5 Å². The standard InChI is InChI=1S/C14H23ClN5O/c1-17-4-6-18(7-5-17)12-20-3-2-13(16-14(20)15)19-8-10-21-11-9-19/h2-3H,4-12H2,1H3. The van der Waals surface area contributed by atoms with Crippen LogP contribution in [0, 0.1) is 6.54 Å². The quantitative estimate of drug-likeness (QED) is 0.707. The van der Waals surface area contributed by atoms with E-state index in [2.05, 4.69) is 26.7 Å². The van der Waals surface area contributed by atoms with Gasteiger partial charge in [-0.15, -0.1) is 0 Å². The van der Waals surface area contributed by atoms with E-state index in [1.807, 2.05) is 17.5 Å². The number of rotatable bonds is 3. The van der Waals surface area contributed by atoms with Gasteiger partial charge in [-0.05, 0) is 24.7 Å². The predicted octanol–water partition coefficient (Wildman–Crippen LogP) is 0.437. The minimum atomic E-state index is 0.554. The van der Waals surface area contributed by atoms with Gasteiger partial charge in [-0.25, -0.2) is 4.99 Å². The van der Waals surface area contributed by atoms with E-state index in [1.165, 1.54) is 0 Å². The molecule has 7 heteroatoms. The molecule has 2 fully saturated rings. The molecule has 0 aromatic heterocycles. The number of amidine groups is 1. The van der Waals surface area contributed by atoms with Gasteiger partial charge < -0.3 is 19.4 Å². The lowest BCUT2D eigenvalue weighted by Gasteiger charge is -2.37. The normalized spacial score (nSPS) is 25.8. The van der Waals surface area contributed by atoms with Gasteiger partial charge >= 0.3 is 0 Å². The van der Waals surface area contributed by atoms with Crippen LogP contribution in [0.3, 0.4) is 0 Å². The minimum absolute atomic E-state index is 0.554. The number of hydrogen-bond donors (Lipinski definition) is 0. The number of nitrogens with zero attached hydrogens (tertiary/aromatic N) is 5. The highest BCUT2D eigenvalue weighted by atomic mass is 35.5. The fraction of sp³-hybridized carbons (Fsp3) is 0.714. The highest BCUT2D eigenvalue weighted by Crippen LogP contribution is 2.19. The fourth-order valence-electron chi connectivity index (χ4n) is 2.69. The summed E-state index contributed by atoms with van der Waals surface area (Å²) in [5.41, 5.74) is 0. The van der Waals surface area contributed by atoms with Crippen LogP contribution in [0.1, 0.15) is 0 Å². The van der Waals surface area contributed by atoms with Gasteiger partial charge in [0.25, 0.3) is 0 Å². The van der Waals surface area contributed by atoms with Crippen LogP contribution >= 0.6 is 11.6 Å². The summed E-state index contributed by atoms with van der Waals surface area (Å²) >= 11 is 6.35. The molecular weight excluding hydrogens is 290 g/mol. The molecule has 0 spiro atoms. The summed E-state index contributed by atoms with van der Waals surface area (Å²) in [7, 11) is 2.16. The third-order valence-electron chi connectivity index (χ3n) is 4.13. The van der Waals surface area contributed by atoms with Crippen LogP contribution in [0.15, 0.2) is 16.9 Å². The zero-order valence-electron chi connectivity index (χ0n) is 12.5. The predicted molar refractivity (Wildman–Crippen MR) is 83.8 cm³/mol. The Balaban J connectivity index is 1.53. The number of ether oxygens (including phenoxy) is 1. The van der Waals surface area contributed by atoms with Crippen molar-refractivity contribution in [2.75, 3.05) is 66.2 Å². The Kier molecular flexibility index (Phi) is 5.00. The maximum Gasteiger partial charge on any atom is 0.202 e. The molecule has 0 unspecified atom stereocenters. The van der Waals surface area contributed by atoms with Crippen molar-refractivity contribution < 1.29 is 4.74 Å². The first kappa shape index (κ1) is 15.1. The second kappa shape index (κ2) is 6.96. The van der Waals surface area contributed by atoms with Crippen molar-refractivity contribution in [2.24, 2.45) is 4.99 Å². The number of hydrogen-bond acceptors (Lipinski definition) is 6. The van der Waals surface area contributed by atoms with Crippen molar-refractivity contribution in [3.8, 4) is 0 Å². The highest BCUT2D eigenvalue weighted by Gasteiger charge is 2.22. The first-order chi connectivity index (χ1) is 10.2. The third kappa shape index (κ3) is 3.88. The average Bonchev–Trinajstić information content (AvgIpc) is 2.52. The lowest BCUT2D eigenvalue weighted by atomic mass is 10.3. The zero-order valence-corrected chi connectivity index (χ0v) is 13.3. The Morgan fingerprint density at radius 1 is 1.14 bits per heavy atom. The third-order valence-corrected chi connectivity index (χ3v) is 4.43. The molecule has 1 radical (unpaired) electrons. The Bertz CT molecular complexity index is 414. The Hall–Kier alpha value is -0.820. The van der Waals surface area contributed by atoms with Gasteiger partial charge in [0.05, 0.1) is 26.4 Å². The van der Waals surface area contributed by atoms with Gasteiger partial charge in [-0.2, -0.15) is 0 Å². The molecule has 3 rings (SSSR count). The van der Waals surface area contributed by atoms with Crippen LogP contribution in [0.25, 0.3) is 0 Å². The number of morpholine rings is 1. The van der Waals surface area contributed by atoms with Crippen LogP contribution in [0.5, 0.6) is 0 Å². The van der Waals surface area contributed by atoms with E-state index >= 15 is 0 Å². The van der Waals surface area contributed by atoms with Gasteiger partial charge in [0.15, 0.2) is 0 Å². The second-order valence-corrected chi connectivity index (χ2v) is 6.02. The smallest absolute Gasteiger partial charge is 0.202 e. The molecule has 3 aliphatic heterocycles. The summed E-state index contributed by atoms with van der Waals surface area (Å²) in [6.07, 6.45) is 2.05. The molecule has 0 aromatic rings. The molecule has 0 N–H and O–H groups in total. The molecule has 3 heterocycles. The largest absolute Gasteiger partial charge is 0.378 e. The molecule has 0 aliphatic carbocycles. The molecule has 2 saturated heterocycles. The summed E-state index contributed by atoms with van der Waals surface area (Å²) in [4.78, 5) is 13.5. The van der Waals surface area contributed by atoms with Crippen LogP contribution in [-0.4, -0.2) is 91.1 Å². The highest BCUT2D eigenvalue weighted by molar-refractivity contribution is 6.64. The maximum atomic E-state index is 6.35. The molecule has 117 valence electrons. The number of halogens is 1. The first-order valence-corrected chi connectivity index (χ1v) is 7.90. The summed E-state index contributed by atoms with van der Waals surface area (Å²) in [6, 6.07) is 0. The maximum absolute atomic E-state index is 6.35. The molecular formula is C14H23ClN5O. The van der Waals surface area contributed by atoms with Crippen molar-refractivity contribution in [1.29, 1.82) is 0 Å². The van der Waals surface area contributed by atoms with Crippen LogP contribution < -0.4 is 0 Å². The number of piperazine rings is 1. The molecule has 21 heavy (non-hydrogen) atoms. The zero-order chi connectivity index (χ0) is 14.7. The molecule has 0 bridgehead atoms. The van der Waals surface area contributed by atoms with Crippen molar-refractivity contribution >= 4 is 16.9 Å². The van der Waals surface area contributed by atoms with E-state index in [9.17, 15) is 0 Å². The molecule has 0 atom stereocenters. The van der Waals surface area contributed by atoms with E-state index < -0.39 is 0 Å². The van der Waals surface area contributed by atoms with E-state index in [-0.39, 0.29) is 0 Å².